The fraction of sp³-hybridized carbons (Fsp3) is 0.136. The number of esters is 3. The van der Waals surface area contributed by atoms with Gasteiger partial charge in [-0.05, 0) is 139 Å². The zero-order valence-corrected chi connectivity index (χ0v) is 38.4. The number of hydrogen-bond donors (Lipinski definition) is 0. The molecule has 0 aliphatic rings. The molecule has 0 N–H and O–H groups in total. The molecule has 0 bridgehead atoms. The predicted molar refractivity (Wildman–Crippen MR) is 263 cm³/mol. The molecule has 8 aromatic rings. The molecule has 8 aromatic carbocycles. The van der Waals surface area contributed by atoms with E-state index in [1.54, 1.807) is 72.8 Å². The molecule has 0 heterocycles. The third-order valence-corrected chi connectivity index (χ3v) is 9.99. The van der Waals surface area contributed by atoms with E-state index in [9.17, 15) is 14.4 Å². The van der Waals surface area contributed by atoms with Crippen molar-refractivity contribution in [2.75, 3.05) is 0 Å². The van der Waals surface area contributed by atoms with Crippen LogP contribution in [0.2, 0.25) is 0 Å². The Kier molecular flexibility index (Phi) is 17.9. The van der Waals surface area contributed by atoms with Crippen molar-refractivity contribution in [2.45, 2.75) is 55.4 Å². The SMILES string of the molecule is Cc1ccc(-c2ccc(C)cc2)cc1.Cc1ccc(C(=O)Oc2ccc(OC(=O)c3ccc(C)cc3)cc2)cc1.Cc1ccc(C)cc1.Cc1ccc(OC(=O)c2ccc(C)cc2)cc1. The van der Waals surface area contributed by atoms with Crippen LogP contribution in [-0.2, 0) is 0 Å². The minimum Gasteiger partial charge on any atom is -0.423 e. The summed E-state index contributed by atoms with van der Waals surface area (Å²) in [5.41, 5.74) is 13.8. The first kappa shape index (κ1) is 48.2. The highest BCUT2D eigenvalue weighted by atomic mass is 16.5. The summed E-state index contributed by atoms with van der Waals surface area (Å²) in [5, 5.41) is 0. The van der Waals surface area contributed by atoms with Gasteiger partial charge in [-0.15, -0.1) is 0 Å². The smallest absolute Gasteiger partial charge is 0.343 e. The lowest BCUT2D eigenvalue weighted by molar-refractivity contribution is 0.0719. The third-order valence-electron chi connectivity index (χ3n) is 9.99. The van der Waals surface area contributed by atoms with Crippen molar-refractivity contribution < 1.29 is 28.6 Å². The van der Waals surface area contributed by atoms with E-state index in [0.717, 1.165) is 22.3 Å². The lowest BCUT2D eigenvalue weighted by Gasteiger charge is -2.07. The van der Waals surface area contributed by atoms with E-state index in [1.165, 1.54) is 33.4 Å². The fourth-order valence-electron chi connectivity index (χ4n) is 5.88. The maximum Gasteiger partial charge on any atom is 0.343 e. The Labute approximate surface area is 384 Å². The van der Waals surface area contributed by atoms with Gasteiger partial charge in [0.05, 0.1) is 16.7 Å². The van der Waals surface area contributed by atoms with Gasteiger partial charge in [-0.3, -0.25) is 0 Å². The number of carbonyl (C=O) groups excluding carboxylic acids is 3. The molecule has 0 aliphatic carbocycles. The van der Waals surface area contributed by atoms with Crippen LogP contribution in [0.4, 0.5) is 0 Å². The summed E-state index contributed by atoms with van der Waals surface area (Å²) in [4.78, 5) is 36.0. The maximum absolute atomic E-state index is 12.1. The number of rotatable bonds is 7. The van der Waals surface area contributed by atoms with Gasteiger partial charge >= 0.3 is 17.9 Å². The van der Waals surface area contributed by atoms with Crippen LogP contribution in [0.1, 0.15) is 75.6 Å². The van der Waals surface area contributed by atoms with Gasteiger partial charge in [0.25, 0.3) is 0 Å². The molecule has 0 radical (unpaired) electrons. The molecule has 0 unspecified atom stereocenters. The average Bonchev–Trinajstić information content (AvgIpc) is 3.30. The zero-order chi connectivity index (χ0) is 46.7. The summed E-state index contributed by atoms with van der Waals surface area (Å²) < 4.78 is 15.9. The summed E-state index contributed by atoms with van der Waals surface area (Å²) >= 11 is 0. The highest BCUT2D eigenvalue weighted by molar-refractivity contribution is 5.92. The first-order valence-corrected chi connectivity index (χ1v) is 21.4. The molecule has 0 saturated carbocycles. The molecule has 0 saturated heterocycles. The van der Waals surface area contributed by atoms with E-state index < -0.39 is 11.9 Å². The Morgan fingerprint density at radius 1 is 0.231 bits per heavy atom. The van der Waals surface area contributed by atoms with E-state index in [4.69, 9.17) is 14.2 Å². The first-order chi connectivity index (χ1) is 31.2. The number of carbonyl (C=O) groups is 3. The summed E-state index contributed by atoms with van der Waals surface area (Å²) in [6.45, 7) is 16.3. The van der Waals surface area contributed by atoms with E-state index in [-0.39, 0.29) is 5.97 Å². The predicted octanol–water partition coefficient (Wildman–Crippen LogP) is 14.5. The minimum atomic E-state index is -0.436. The highest BCUT2D eigenvalue weighted by Gasteiger charge is 2.11. The second-order valence-electron chi connectivity index (χ2n) is 15.9. The maximum atomic E-state index is 12.1. The van der Waals surface area contributed by atoms with Gasteiger partial charge in [-0.25, -0.2) is 14.4 Å². The molecule has 0 aliphatic heterocycles. The summed E-state index contributed by atoms with van der Waals surface area (Å²) in [6, 6.07) is 61.1. The average molecular weight is 861 g/mol. The molecule has 0 spiro atoms. The second kappa shape index (κ2) is 24.1. The number of aryl methyl sites for hydroxylation is 8. The first-order valence-electron chi connectivity index (χ1n) is 21.4. The largest absolute Gasteiger partial charge is 0.423 e. The van der Waals surface area contributed by atoms with Gasteiger partial charge in [0.1, 0.15) is 17.2 Å². The quantitative estimate of drug-likeness (QED) is 0.117. The number of ether oxygens (including phenoxy) is 3. The van der Waals surface area contributed by atoms with Crippen molar-refractivity contribution >= 4 is 17.9 Å². The van der Waals surface area contributed by atoms with Gasteiger partial charge in [0.15, 0.2) is 0 Å². The molecule has 0 fully saturated rings. The van der Waals surface area contributed by atoms with E-state index >= 15 is 0 Å². The van der Waals surface area contributed by atoms with Gasteiger partial charge in [0, 0.05) is 0 Å². The Morgan fingerprint density at radius 2 is 0.385 bits per heavy atom. The van der Waals surface area contributed by atoms with Crippen LogP contribution in [0.15, 0.2) is 194 Å². The standard InChI is InChI=1S/C22H18O4.C15H14O2.C14H14.C8H10/c1-15-3-7-17(8-4-15)21(23)25-19-11-13-20(14-12-19)26-22(24)18-9-5-16(2)6-10-18;1-11-3-7-13(8-4-11)15(16)17-14-9-5-12(2)6-10-14;1-11-3-7-13(8-4-11)14-9-5-12(2)6-10-14;1-7-3-5-8(2)6-4-7/h3-14H,1-2H3;3-10H,1-2H3;3-10H,1-2H3;3-6H,1-2H3. The molecule has 0 atom stereocenters. The molecule has 328 valence electrons. The van der Waals surface area contributed by atoms with Crippen molar-refractivity contribution in [2.24, 2.45) is 0 Å². The van der Waals surface area contributed by atoms with Crippen LogP contribution in [0.25, 0.3) is 11.1 Å². The Balaban J connectivity index is 0.000000176. The van der Waals surface area contributed by atoms with Crippen molar-refractivity contribution in [1.29, 1.82) is 0 Å². The normalized spacial score (nSPS) is 10.0. The van der Waals surface area contributed by atoms with Gasteiger partial charge in [-0.1, -0.05) is 166 Å². The van der Waals surface area contributed by atoms with Crippen LogP contribution in [-0.4, -0.2) is 17.9 Å². The number of benzene rings is 8. The van der Waals surface area contributed by atoms with E-state index in [0.29, 0.717) is 33.9 Å². The monoisotopic (exact) mass is 860 g/mol. The third kappa shape index (κ3) is 16.4. The van der Waals surface area contributed by atoms with Gasteiger partial charge < -0.3 is 14.2 Å². The second-order valence-corrected chi connectivity index (χ2v) is 15.9. The molecule has 6 heteroatoms. The Bertz CT molecular complexity index is 2570. The van der Waals surface area contributed by atoms with Crippen LogP contribution in [0.3, 0.4) is 0 Å². The summed E-state index contributed by atoms with van der Waals surface area (Å²) in [6.07, 6.45) is 0. The lowest BCUT2D eigenvalue weighted by atomic mass is 10.0. The topological polar surface area (TPSA) is 78.9 Å². The van der Waals surface area contributed by atoms with Gasteiger partial charge in [-0.2, -0.15) is 0 Å². The Morgan fingerprint density at radius 3 is 0.600 bits per heavy atom. The van der Waals surface area contributed by atoms with Gasteiger partial charge in [0.2, 0.25) is 0 Å². The molecular formula is C59H56O6. The van der Waals surface area contributed by atoms with Crippen molar-refractivity contribution in [3.8, 4) is 28.4 Å². The molecule has 65 heavy (non-hydrogen) atoms. The minimum absolute atomic E-state index is 0.325. The van der Waals surface area contributed by atoms with Crippen LogP contribution in [0, 0.1) is 55.4 Å². The fourth-order valence-corrected chi connectivity index (χ4v) is 5.88. The zero-order valence-electron chi connectivity index (χ0n) is 38.4. The van der Waals surface area contributed by atoms with Crippen LogP contribution in [0.5, 0.6) is 17.2 Å². The van der Waals surface area contributed by atoms with Crippen molar-refractivity contribution in [3.63, 3.8) is 0 Å². The molecule has 0 aromatic heterocycles. The lowest BCUT2D eigenvalue weighted by Crippen LogP contribution is -2.09. The van der Waals surface area contributed by atoms with E-state index in [1.807, 2.05) is 76.2 Å². The van der Waals surface area contributed by atoms with Crippen LogP contribution >= 0.6 is 0 Å². The van der Waals surface area contributed by atoms with Crippen molar-refractivity contribution in [3.05, 3.63) is 255 Å². The van der Waals surface area contributed by atoms with Crippen LogP contribution < -0.4 is 14.2 Å². The summed E-state index contributed by atoms with van der Waals surface area (Å²) in [7, 11) is 0. The summed E-state index contributed by atoms with van der Waals surface area (Å²) in [5.74, 6) is 0.134. The van der Waals surface area contributed by atoms with Crippen molar-refractivity contribution in [1.82, 2.24) is 0 Å². The Hall–Kier alpha value is -7.83. The van der Waals surface area contributed by atoms with E-state index in [2.05, 4.69) is 100 Å². The molecule has 0 amide bonds. The molecule has 8 rings (SSSR count). The molecule has 6 nitrogen and oxygen atoms in total. The molecular weight excluding hydrogens is 805 g/mol. The highest BCUT2D eigenvalue weighted by Crippen LogP contribution is 2.22. The number of hydrogen-bond acceptors (Lipinski definition) is 6.